The molecule has 1 atom stereocenters. The SMILES string of the molecule is CC(=O)Nc1cccc(C(=O)O[C@@H](C(=O)Nc2ccc(F)cc2)c2ccccc2)c1. The zero-order valence-electron chi connectivity index (χ0n) is 16.1. The van der Waals surface area contributed by atoms with Crippen LogP contribution in [-0.4, -0.2) is 17.8 Å². The summed E-state index contributed by atoms with van der Waals surface area (Å²) in [4.78, 5) is 36.8. The molecular formula is C23H19FN2O4. The van der Waals surface area contributed by atoms with E-state index in [1.165, 1.54) is 43.3 Å². The number of hydrogen-bond acceptors (Lipinski definition) is 4. The Morgan fingerprint density at radius 1 is 0.833 bits per heavy atom. The second-order valence-corrected chi connectivity index (χ2v) is 6.45. The van der Waals surface area contributed by atoms with Crippen molar-refractivity contribution in [2.45, 2.75) is 13.0 Å². The highest BCUT2D eigenvalue weighted by Crippen LogP contribution is 2.23. The summed E-state index contributed by atoms with van der Waals surface area (Å²) in [5.74, 6) is -2.02. The molecule has 0 saturated heterocycles. The average molecular weight is 406 g/mol. The minimum Gasteiger partial charge on any atom is -0.444 e. The summed E-state index contributed by atoms with van der Waals surface area (Å²) >= 11 is 0. The van der Waals surface area contributed by atoms with E-state index in [1.807, 2.05) is 0 Å². The van der Waals surface area contributed by atoms with Gasteiger partial charge >= 0.3 is 5.97 Å². The van der Waals surface area contributed by atoms with E-state index in [0.29, 0.717) is 16.9 Å². The maximum absolute atomic E-state index is 13.1. The van der Waals surface area contributed by atoms with Crippen molar-refractivity contribution in [3.8, 4) is 0 Å². The normalized spacial score (nSPS) is 11.3. The van der Waals surface area contributed by atoms with Gasteiger partial charge in [-0.05, 0) is 42.5 Å². The van der Waals surface area contributed by atoms with Crippen LogP contribution in [0.5, 0.6) is 0 Å². The molecule has 3 rings (SSSR count). The maximum Gasteiger partial charge on any atom is 0.339 e. The Bertz CT molecular complexity index is 1050. The molecule has 0 heterocycles. The van der Waals surface area contributed by atoms with E-state index in [9.17, 15) is 18.8 Å². The summed E-state index contributed by atoms with van der Waals surface area (Å²) < 4.78 is 18.6. The van der Waals surface area contributed by atoms with Crippen LogP contribution in [0.2, 0.25) is 0 Å². The lowest BCUT2D eigenvalue weighted by Crippen LogP contribution is -2.26. The largest absolute Gasteiger partial charge is 0.444 e. The molecule has 0 bridgehead atoms. The lowest BCUT2D eigenvalue weighted by atomic mass is 10.1. The molecule has 0 aliphatic heterocycles. The molecule has 3 aromatic carbocycles. The average Bonchev–Trinajstić information content (AvgIpc) is 2.73. The van der Waals surface area contributed by atoms with Gasteiger partial charge in [-0.1, -0.05) is 36.4 Å². The van der Waals surface area contributed by atoms with Gasteiger partial charge in [-0.3, -0.25) is 9.59 Å². The molecule has 0 radical (unpaired) electrons. The third-order valence-corrected chi connectivity index (χ3v) is 4.10. The molecule has 2 amide bonds. The molecule has 152 valence electrons. The number of carbonyl (C=O) groups is 3. The molecule has 6 nitrogen and oxygen atoms in total. The van der Waals surface area contributed by atoms with Crippen LogP contribution in [0.1, 0.15) is 28.9 Å². The van der Waals surface area contributed by atoms with Crippen LogP contribution in [0.3, 0.4) is 0 Å². The second-order valence-electron chi connectivity index (χ2n) is 6.45. The van der Waals surface area contributed by atoms with Crippen molar-refractivity contribution in [2.75, 3.05) is 10.6 Å². The molecule has 7 heteroatoms. The summed E-state index contributed by atoms with van der Waals surface area (Å²) in [6, 6.07) is 20.0. The number of carbonyl (C=O) groups excluding carboxylic acids is 3. The third kappa shape index (κ3) is 5.51. The van der Waals surface area contributed by atoms with Crippen molar-refractivity contribution in [3.63, 3.8) is 0 Å². The lowest BCUT2D eigenvalue weighted by Gasteiger charge is -2.18. The number of esters is 1. The van der Waals surface area contributed by atoms with Gasteiger partial charge in [-0.15, -0.1) is 0 Å². The second kappa shape index (κ2) is 9.47. The van der Waals surface area contributed by atoms with Crippen molar-refractivity contribution in [1.29, 1.82) is 0 Å². The first-order chi connectivity index (χ1) is 14.4. The molecule has 0 spiro atoms. The predicted octanol–water partition coefficient (Wildman–Crippen LogP) is 4.32. The van der Waals surface area contributed by atoms with Crippen molar-refractivity contribution < 1.29 is 23.5 Å². The standard InChI is InChI=1S/C23H19FN2O4/c1-15(27)25-20-9-5-8-17(14-20)23(29)30-21(16-6-3-2-4-7-16)22(28)26-19-12-10-18(24)11-13-19/h2-14,21H,1H3,(H,25,27)(H,26,28)/t21-/m1/s1. The van der Waals surface area contributed by atoms with Crippen molar-refractivity contribution >= 4 is 29.2 Å². The van der Waals surface area contributed by atoms with Gasteiger partial charge in [0.2, 0.25) is 12.0 Å². The van der Waals surface area contributed by atoms with E-state index in [4.69, 9.17) is 4.74 Å². The smallest absolute Gasteiger partial charge is 0.339 e. The zero-order valence-corrected chi connectivity index (χ0v) is 16.1. The maximum atomic E-state index is 13.1. The van der Waals surface area contributed by atoms with Gasteiger partial charge in [0.1, 0.15) is 5.82 Å². The van der Waals surface area contributed by atoms with E-state index in [2.05, 4.69) is 10.6 Å². The number of benzene rings is 3. The Labute approximate surface area is 172 Å². The fourth-order valence-corrected chi connectivity index (χ4v) is 2.74. The zero-order chi connectivity index (χ0) is 21.5. The van der Waals surface area contributed by atoms with Crippen molar-refractivity contribution in [1.82, 2.24) is 0 Å². The van der Waals surface area contributed by atoms with E-state index in [0.717, 1.165) is 0 Å². The van der Waals surface area contributed by atoms with Crippen LogP contribution < -0.4 is 10.6 Å². The van der Waals surface area contributed by atoms with Crippen molar-refractivity contribution in [3.05, 3.63) is 95.8 Å². The van der Waals surface area contributed by atoms with E-state index in [-0.39, 0.29) is 11.5 Å². The Hall–Kier alpha value is -4.00. The molecule has 0 saturated carbocycles. The summed E-state index contributed by atoms with van der Waals surface area (Å²) in [5, 5.41) is 5.21. The Kier molecular flexibility index (Phi) is 6.54. The third-order valence-electron chi connectivity index (χ3n) is 4.10. The van der Waals surface area contributed by atoms with Crippen LogP contribution >= 0.6 is 0 Å². The monoisotopic (exact) mass is 406 g/mol. The van der Waals surface area contributed by atoms with Crippen molar-refractivity contribution in [2.24, 2.45) is 0 Å². The quantitative estimate of drug-likeness (QED) is 0.597. The van der Waals surface area contributed by atoms with Crippen LogP contribution in [0.4, 0.5) is 15.8 Å². The molecule has 30 heavy (non-hydrogen) atoms. The molecule has 0 fully saturated rings. The fourth-order valence-electron chi connectivity index (χ4n) is 2.74. The Balaban J connectivity index is 1.82. The number of rotatable bonds is 6. The Morgan fingerprint density at radius 3 is 2.20 bits per heavy atom. The number of nitrogens with one attached hydrogen (secondary N) is 2. The van der Waals surface area contributed by atoms with Gasteiger partial charge in [0.05, 0.1) is 5.56 Å². The predicted molar refractivity (Wildman–Crippen MR) is 110 cm³/mol. The fraction of sp³-hybridized carbons (Fsp3) is 0.0870. The highest BCUT2D eigenvalue weighted by molar-refractivity contribution is 5.99. The van der Waals surface area contributed by atoms with Gasteiger partial charge < -0.3 is 15.4 Å². The first-order valence-corrected chi connectivity index (χ1v) is 9.12. The van der Waals surface area contributed by atoms with Crippen LogP contribution in [0.15, 0.2) is 78.9 Å². The number of ether oxygens (including phenoxy) is 1. The summed E-state index contributed by atoms with van der Waals surface area (Å²) in [6.07, 6.45) is -1.23. The van der Waals surface area contributed by atoms with E-state index < -0.39 is 23.8 Å². The highest BCUT2D eigenvalue weighted by Gasteiger charge is 2.26. The number of halogens is 1. The molecule has 0 aliphatic carbocycles. The molecule has 2 N–H and O–H groups in total. The van der Waals surface area contributed by atoms with Gasteiger partial charge in [0.15, 0.2) is 0 Å². The molecular weight excluding hydrogens is 387 g/mol. The topological polar surface area (TPSA) is 84.5 Å². The number of hydrogen-bond donors (Lipinski definition) is 2. The number of anilines is 2. The van der Waals surface area contributed by atoms with Gasteiger partial charge in [-0.2, -0.15) is 0 Å². The van der Waals surface area contributed by atoms with E-state index in [1.54, 1.807) is 42.5 Å². The van der Waals surface area contributed by atoms with Gasteiger partial charge in [0, 0.05) is 23.9 Å². The minimum absolute atomic E-state index is 0.178. The first kappa shape index (κ1) is 20.7. The van der Waals surface area contributed by atoms with Crippen LogP contribution in [-0.2, 0) is 14.3 Å². The summed E-state index contributed by atoms with van der Waals surface area (Å²) in [5.41, 5.74) is 1.45. The highest BCUT2D eigenvalue weighted by atomic mass is 19.1. The van der Waals surface area contributed by atoms with E-state index >= 15 is 0 Å². The molecule has 0 aliphatic rings. The van der Waals surface area contributed by atoms with Crippen LogP contribution in [0, 0.1) is 5.82 Å². The van der Waals surface area contributed by atoms with Crippen LogP contribution in [0.25, 0.3) is 0 Å². The summed E-state index contributed by atoms with van der Waals surface area (Å²) in [7, 11) is 0. The number of amides is 2. The molecule has 3 aromatic rings. The first-order valence-electron chi connectivity index (χ1n) is 9.12. The van der Waals surface area contributed by atoms with Gasteiger partial charge in [0.25, 0.3) is 5.91 Å². The van der Waals surface area contributed by atoms with Gasteiger partial charge in [-0.25, -0.2) is 9.18 Å². The lowest BCUT2D eigenvalue weighted by molar-refractivity contribution is -0.125. The minimum atomic E-state index is -1.23. The Morgan fingerprint density at radius 2 is 1.53 bits per heavy atom. The molecule has 0 unspecified atom stereocenters. The molecule has 0 aromatic heterocycles. The summed E-state index contributed by atoms with van der Waals surface area (Å²) in [6.45, 7) is 1.36.